The van der Waals surface area contributed by atoms with Gasteiger partial charge in [0.05, 0.1) is 4.90 Å². The van der Waals surface area contributed by atoms with Crippen LogP contribution in [0, 0.1) is 0 Å². The molecular formula is C18H23NaO7S. The van der Waals surface area contributed by atoms with Crippen molar-refractivity contribution in [2.75, 3.05) is 0 Å². The zero-order valence-corrected chi connectivity index (χ0v) is 18.5. The monoisotopic (exact) mass is 406 g/mol. The van der Waals surface area contributed by atoms with Gasteiger partial charge in [-0.05, 0) is 29.7 Å². The molecule has 27 heavy (non-hydrogen) atoms. The molecule has 9 heteroatoms. The molecule has 0 aliphatic carbocycles. The number of rotatable bonds is 5. The Labute approximate surface area is 181 Å². The van der Waals surface area contributed by atoms with Crippen molar-refractivity contribution in [3.05, 3.63) is 42.5 Å². The van der Waals surface area contributed by atoms with E-state index in [9.17, 15) is 22.6 Å². The van der Waals surface area contributed by atoms with Crippen LogP contribution in [0.5, 0.6) is 0 Å². The van der Waals surface area contributed by atoms with Gasteiger partial charge in [-0.25, -0.2) is 8.42 Å². The van der Waals surface area contributed by atoms with Gasteiger partial charge in [0.1, 0.15) is 10.1 Å². The first-order valence-corrected chi connectivity index (χ1v) is 9.41. The summed E-state index contributed by atoms with van der Waals surface area (Å²) < 4.78 is 32.7. The van der Waals surface area contributed by atoms with Gasteiger partial charge in [0, 0.05) is 12.8 Å². The Hall–Kier alpha value is -1.45. The molecule has 144 valence electrons. The molecule has 0 heterocycles. The molecule has 0 spiro atoms. The fraction of sp³-hybridized carbons (Fsp3) is 0.333. The zero-order chi connectivity index (χ0) is 20.2. The normalized spacial score (nSPS) is 9.74. The number of benzene rings is 2. The average molecular weight is 406 g/mol. The summed E-state index contributed by atoms with van der Waals surface area (Å²) in [6.07, 6.45) is 2.05. The summed E-state index contributed by atoms with van der Waals surface area (Å²) in [4.78, 5) is 19.0. The molecule has 0 fully saturated rings. The first-order chi connectivity index (χ1) is 12.1. The second-order valence-electron chi connectivity index (χ2n) is 5.22. The predicted molar refractivity (Wildman–Crippen MR) is 97.0 cm³/mol. The number of hydrogen-bond donors (Lipinski definition) is 2. The number of hydrogen-bond acceptors (Lipinski definition) is 5. The van der Waals surface area contributed by atoms with Crippen LogP contribution in [0.2, 0.25) is 0 Å². The van der Waals surface area contributed by atoms with Crippen LogP contribution in [0.15, 0.2) is 47.4 Å². The molecule has 0 unspecified atom stereocenters. The summed E-state index contributed by atoms with van der Waals surface area (Å²) in [5, 5.41) is 17.1. The first-order valence-electron chi connectivity index (χ1n) is 8.00. The number of fused-ring (bicyclic) bond motifs is 1. The Morgan fingerprint density at radius 1 is 0.889 bits per heavy atom. The number of carboxylic acid groups (broad SMARTS) is 2. The average Bonchev–Trinajstić information content (AvgIpc) is 2.54. The van der Waals surface area contributed by atoms with E-state index in [1.165, 1.54) is 6.07 Å². The number of aliphatic carboxylic acids is 2. The van der Waals surface area contributed by atoms with E-state index in [0.717, 1.165) is 18.2 Å². The molecule has 0 atom stereocenters. The maximum absolute atomic E-state index is 10.9. The first kappa shape index (κ1) is 27.8. The van der Waals surface area contributed by atoms with E-state index in [1.807, 2.05) is 13.8 Å². The van der Waals surface area contributed by atoms with Crippen molar-refractivity contribution in [1.82, 2.24) is 0 Å². The van der Waals surface area contributed by atoms with E-state index >= 15 is 0 Å². The van der Waals surface area contributed by atoms with Gasteiger partial charge in [-0.15, -0.1) is 0 Å². The summed E-state index contributed by atoms with van der Waals surface area (Å²) in [5.74, 6) is -1.42. The largest absolute Gasteiger partial charge is 1.00 e. The molecule has 2 aromatic carbocycles. The van der Waals surface area contributed by atoms with Crippen LogP contribution < -0.4 is 29.6 Å². The molecule has 0 bridgehead atoms. The van der Waals surface area contributed by atoms with E-state index in [0.29, 0.717) is 18.2 Å². The summed E-state index contributed by atoms with van der Waals surface area (Å²) in [6, 6.07) is 11.5. The Bertz CT molecular complexity index is 798. The molecule has 0 aliphatic rings. The second kappa shape index (κ2) is 14.6. The van der Waals surface area contributed by atoms with Gasteiger partial charge < -0.3 is 14.8 Å². The van der Waals surface area contributed by atoms with Crippen molar-refractivity contribution in [2.24, 2.45) is 0 Å². The molecular weight excluding hydrogens is 383 g/mol. The minimum absolute atomic E-state index is 0. The zero-order valence-electron chi connectivity index (χ0n) is 15.7. The van der Waals surface area contributed by atoms with E-state index in [4.69, 9.17) is 10.2 Å². The van der Waals surface area contributed by atoms with E-state index < -0.39 is 22.1 Å². The Balaban J connectivity index is 0. The molecule has 0 saturated carbocycles. The SMILES string of the molecule is CCCC(=O)O.CCCC(=O)O.O=S(=O)([O-])c1cccc2ccccc12.[Na+]. The minimum atomic E-state index is -4.38. The van der Waals surface area contributed by atoms with Gasteiger partial charge in [0.25, 0.3) is 0 Å². The van der Waals surface area contributed by atoms with Gasteiger partial charge in [-0.1, -0.05) is 50.2 Å². The van der Waals surface area contributed by atoms with Gasteiger partial charge in [0.2, 0.25) is 0 Å². The Kier molecular flexibility index (Phi) is 15.0. The third-order valence-corrected chi connectivity index (χ3v) is 3.84. The van der Waals surface area contributed by atoms with Crippen LogP contribution >= 0.6 is 0 Å². The molecule has 2 rings (SSSR count). The number of carboxylic acids is 2. The predicted octanol–water partition coefficient (Wildman–Crippen LogP) is 0.490. The van der Waals surface area contributed by atoms with Gasteiger partial charge in [0.15, 0.2) is 0 Å². The summed E-state index contributed by atoms with van der Waals surface area (Å²) in [6.45, 7) is 3.68. The molecule has 0 aliphatic heterocycles. The summed E-state index contributed by atoms with van der Waals surface area (Å²) >= 11 is 0. The van der Waals surface area contributed by atoms with Crippen molar-refractivity contribution in [2.45, 2.75) is 44.4 Å². The van der Waals surface area contributed by atoms with Crippen molar-refractivity contribution in [3.63, 3.8) is 0 Å². The van der Waals surface area contributed by atoms with Crippen molar-refractivity contribution >= 4 is 32.8 Å². The number of carbonyl (C=O) groups is 2. The summed E-state index contributed by atoms with van der Waals surface area (Å²) in [7, 11) is -4.38. The third-order valence-electron chi connectivity index (χ3n) is 2.95. The Morgan fingerprint density at radius 2 is 1.33 bits per heavy atom. The van der Waals surface area contributed by atoms with Crippen LogP contribution in [0.3, 0.4) is 0 Å². The topological polar surface area (TPSA) is 132 Å². The van der Waals surface area contributed by atoms with Gasteiger partial charge in [-0.2, -0.15) is 0 Å². The van der Waals surface area contributed by atoms with E-state index in [1.54, 1.807) is 36.4 Å². The van der Waals surface area contributed by atoms with Crippen LogP contribution in [0.25, 0.3) is 10.8 Å². The van der Waals surface area contributed by atoms with Crippen molar-refractivity contribution in [3.8, 4) is 0 Å². The van der Waals surface area contributed by atoms with Crippen molar-refractivity contribution in [1.29, 1.82) is 0 Å². The minimum Gasteiger partial charge on any atom is -0.744 e. The Morgan fingerprint density at radius 3 is 1.70 bits per heavy atom. The maximum Gasteiger partial charge on any atom is 1.00 e. The molecule has 2 aromatic rings. The second-order valence-corrected chi connectivity index (χ2v) is 6.57. The van der Waals surface area contributed by atoms with Gasteiger partial charge in [-0.3, -0.25) is 9.59 Å². The summed E-state index contributed by atoms with van der Waals surface area (Å²) in [5.41, 5.74) is 0. The van der Waals surface area contributed by atoms with Gasteiger partial charge >= 0.3 is 41.5 Å². The van der Waals surface area contributed by atoms with Crippen LogP contribution in [-0.4, -0.2) is 35.1 Å². The molecule has 0 amide bonds. The molecule has 0 aromatic heterocycles. The quantitative estimate of drug-likeness (QED) is 0.545. The third kappa shape index (κ3) is 12.5. The molecule has 0 saturated heterocycles. The van der Waals surface area contributed by atoms with Crippen LogP contribution in [0.4, 0.5) is 0 Å². The fourth-order valence-corrected chi connectivity index (χ4v) is 2.54. The van der Waals surface area contributed by atoms with Crippen molar-refractivity contribution < 1.29 is 62.3 Å². The van der Waals surface area contributed by atoms with E-state index in [-0.39, 0.29) is 34.5 Å². The van der Waals surface area contributed by atoms with E-state index in [2.05, 4.69) is 0 Å². The smallest absolute Gasteiger partial charge is 0.744 e. The van der Waals surface area contributed by atoms with Crippen LogP contribution in [0.1, 0.15) is 39.5 Å². The molecule has 7 nitrogen and oxygen atoms in total. The molecule has 2 N–H and O–H groups in total. The maximum atomic E-state index is 10.9. The van der Waals surface area contributed by atoms with Crippen LogP contribution in [-0.2, 0) is 19.7 Å². The molecule has 0 radical (unpaired) electrons. The fourth-order valence-electron chi connectivity index (χ4n) is 1.84. The standard InChI is InChI=1S/C10H8O3S.2C4H8O2.Na/c11-14(12,13)10-7-3-5-8-4-1-2-6-9(8)10;2*1-2-3-4(5)6;/h1-7H,(H,11,12,13);2*2-3H2,1H3,(H,5,6);/q;;;+1/p-1.